The van der Waals surface area contributed by atoms with E-state index < -0.39 is 0 Å². The van der Waals surface area contributed by atoms with Gasteiger partial charge >= 0.3 is 11.9 Å². The molecule has 1 fully saturated rings. The molecule has 1 aliphatic carbocycles. The minimum absolute atomic E-state index is 0.0989. The Hall–Kier alpha value is -1.06. The summed E-state index contributed by atoms with van der Waals surface area (Å²) in [5, 5.41) is 0. The monoisotopic (exact) mass is 438 g/mol. The zero-order chi connectivity index (χ0) is 22.6. The standard InChI is InChI=1S/C27H50O4/c1-3-4-5-6-7-8-9-10-11-12-13-18-23-30-26(28)21-16-17-22-27(29)31-25-20-15-14-19-24(25)2/h24-25H,3-23H2,1-2H3. The number of hydrogen-bond acceptors (Lipinski definition) is 4. The van der Waals surface area contributed by atoms with Crippen molar-refractivity contribution < 1.29 is 19.1 Å². The van der Waals surface area contributed by atoms with Gasteiger partial charge in [-0.25, -0.2) is 0 Å². The minimum Gasteiger partial charge on any atom is -0.466 e. The van der Waals surface area contributed by atoms with Gasteiger partial charge in [0.05, 0.1) is 6.61 Å². The topological polar surface area (TPSA) is 52.6 Å². The maximum Gasteiger partial charge on any atom is 0.306 e. The molecular weight excluding hydrogens is 388 g/mol. The van der Waals surface area contributed by atoms with Gasteiger partial charge in [-0.2, -0.15) is 0 Å². The van der Waals surface area contributed by atoms with Crippen LogP contribution in [0, 0.1) is 5.92 Å². The van der Waals surface area contributed by atoms with Gasteiger partial charge in [-0.05, 0) is 44.4 Å². The molecule has 0 saturated heterocycles. The van der Waals surface area contributed by atoms with E-state index in [0.717, 1.165) is 32.1 Å². The van der Waals surface area contributed by atoms with Crippen molar-refractivity contribution in [3.05, 3.63) is 0 Å². The molecule has 0 aromatic rings. The Morgan fingerprint density at radius 1 is 0.677 bits per heavy atom. The van der Waals surface area contributed by atoms with Gasteiger partial charge in [0.1, 0.15) is 6.10 Å². The molecule has 182 valence electrons. The van der Waals surface area contributed by atoms with Gasteiger partial charge in [0.2, 0.25) is 0 Å². The average Bonchev–Trinajstić information content (AvgIpc) is 2.76. The molecule has 0 aromatic heterocycles. The fourth-order valence-corrected chi connectivity index (χ4v) is 4.42. The van der Waals surface area contributed by atoms with Gasteiger partial charge in [-0.1, -0.05) is 90.9 Å². The quantitative estimate of drug-likeness (QED) is 0.152. The van der Waals surface area contributed by atoms with Gasteiger partial charge in [-0.15, -0.1) is 0 Å². The van der Waals surface area contributed by atoms with E-state index in [9.17, 15) is 9.59 Å². The lowest BCUT2D eigenvalue weighted by atomic mass is 9.88. The summed E-state index contributed by atoms with van der Waals surface area (Å²) in [7, 11) is 0. The lowest BCUT2D eigenvalue weighted by Gasteiger charge is -2.28. The van der Waals surface area contributed by atoms with Crippen molar-refractivity contribution in [1.29, 1.82) is 0 Å². The van der Waals surface area contributed by atoms with Gasteiger partial charge in [0.25, 0.3) is 0 Å². The third-order valence-corrected chi connectivity index (χ3v) is 6.59. The Labute approximate surface area is 192 Å². The number of carbonyl (C=O) groups excluding carboxylic acids is 2. The van der Waals surface area contributed by atoms with Crippen LogP contribution in [0.25, 0.3) is 0 Å². The summed E-state index contributed by atoms with van der Waals surface area (Å²) < 4.78 is 10.9. The van der Waals surface area contributed by atoms with Crippen LogP contribution in [0.1, 0.15) is 142 Å². The van der Waals surface area contributed by atoms with Crippen LogP contribution in [0.4, 0.5) is 0 Å². The first-order chi connectivity index (χ1) is 15.1. The molecule has 2 atom stereocenters. The van der Waals surface area contributed by atoms with Crippen molar-refractivity contribution in [3.8, 4) is 0 Å². The highest BCUT2D eigenvalue weighted by Gasteiger charge is 2.24. The van der Waals surface area contributed by atoms with Gasteiger partial charge < -0.3 is 9.47 Å². The summed E-state index contributed by atoms with van der Waals surface area (Å²) in [5.74, 6) is 0.244. The summed E-state index contributed by atoms with van der Waals surface area (Å²) >= 11 is 0. The number of hydrogen-bond donors (Lipinski definition) is 0. The van der Waals surface area contributed by atoms with E-state index in [4.69, 9.17) is 9.47 Å². The highest BCUT2D eigenvalue weighted by molar-refractivity contribution is 5.70. The third-order valence-electron chi connectivity index (χ3n) is 6.59. The Kier molecular flexibility index (Phi) is 17.7. The second-order valence-corrected chi connectivity index (χ2v) is 9.61. The summed E-state index contributed by atoms with van der Waals surface area (Å²) in [6.45, 7) is 4.97. The largest absolute Gasteiger partial charge is 0.466 e. The Bertz CT molecular complexity index is 449. The average molecular weight is 439 g/mol. The Balaban J connectivity index is 1.83. The zero-order valence-corrected chi connectivity index (χ0v) is 20.6. The van der Waals surface area contributed by atoms with Crippen LogP contribution in [-0.4, -0.2) is 24.6 Å². The molecule has 0 spiro atoms. The first-order valence-corrected chi connectivity index (χ1v) is 13.5. The molecule has 0 aliphatic heterocycles. The predicted molar refractivity (Wildman–Crippen MR) is 128 cm³/mol. The van der Waals surface area contributed by atoms with E-state index in [0.29, 0.717) is 38.2 Å². The number of unbranched alkanes of at least 4 members (excludes halogenated alkanes) is 12. The SMILES string of the molecule is CCCCCCCCCCCCCCOC(=O)CCCCC(=O)OC1CCCCC1C. The Morgan fingerprint density at radius 2 is 1.19 bits per heavy atom. The minimum atomic E-state index is -0.127. The van der Waals surface area contributed by atoms with Crippen LogP contribution in [0.15, 0.2) is 0 Å². The molecule has 2 unspecified atom stereocenters. The summed E-state index contributed by atoms with van der Waals surface area (Å²) in [5.41, 5.74) is 0. The zero-order valence-electron chi connectivity index (χ0n) is 20.6. The van der Waals surface area contributed by atoms with Crippen LogP contribution in [-0.2, 0) is 19.1 Å². The van der Waals surface area contributed by atoms with E-state index in [1.54, 1.807) is 0 Å². The number of rotatable bonds is 19. The molecule has 1 aliphatic rings. The maximum absolute atomic E-state index is 12.0. The lowest BCUT2D eigenvalue weighted by molar-refractivity contribution is -0.153. The predicted octanol–water partition coefficient (Wildman–Crippen LogP) is 7.91. The van der Waals surface area contributed by atoms with E-state index in [2.05, 4.69) is 13.8 Å². The summed E-state index contributed by atoms with van der Waals surface area (Å²) in [6, 6.07) is 0. The molecule has 0 aromatic carbocycles. The second kappa shape index (κ2) is 19.6. The smallest absolute Gasteiger partial charge is 0.306 e. The van der Waals surface area contributed by atoms with Crippen molar-refractivity contribution >= 4 is 11.9 Å². The first-order valence-electron chi connectivity index (χ1n) is 13.5. The Morgan fingerprint density at radius 3 is 1.77 bits per heavy atom. The second-order valence-electron chi connectivity index (χ2n) is 9.61. The molecule has 4 heteroatoms. The molecular formula is C27H50O4. The molecule has 0 bridgehead atoms. The van der Waals surface area contributed by atoms with Crippen molar-refractivity contribution in [2.24, 2.45) is 5.92 Å². The molecule has 1 saturated carbocycles. The van der Waals surface area contributed by atoms with Crippen molar-refractivity contribution in [2.75, 3.05) is 6.61 Å². The molecule has 0 N–H and O–H groups in total. The van der Waals surface area contributed by atoms with Gasteiger partial charge in [-0.3, -0.25) is 9.59 Å². The maximum atomic E-state index is 12.0. The number of ether oxygens (including phenoxy) is 2. The first kappa shape index (κ1) is 28.0. The van der Waals surface area contributed by atoms with Crippen molar-refractivity contribution in [3.63, 3.8) is 0 Å². The number of esters is 2. The van der Waals surface area contributed by atoms with Crippen LogP contribution >= 0.6 is 0 Å². The lowest BCUT2D eigenvalue weighted by Crippen LogP contribution is -2.28. The van der Waals surface area contributed by atoms with Crippen molar-refractivity contribution in [1.82, 2.24) is 0 Å². The number of carbonyl (C=O) groups is 2. The fraction of sp³-hybridized carbons (Fsp3) is 0.926. The van der Waals surface area contributed by atoms with E-state index in [1.807, 2.05) is 0 Å². The molecule has 0 radical (unpaired) electrons. The van der Waals surface area contributed by atoms with Crippen LogP contribution in [0.3, 0.4) is 0 Å². The van der Waals surface area contributed by atoms with E-state index >= 15 is 0 Å². The van der Waals surface area contributed by atoms with E-state index in [1.165, 1.54) is 70.6 Å². The van der Waals surface area contributed by atoms with E-state index in [-0.39, 0.29) is 18.0 Å². The van der Waals surface area contributed by atoms with Crippen LogP contribution in [0.5, 0.6) is 0 Å². The highest BCUT2D eigenvalue weighted by Crippen LogP contribution is 2.26. The molecule has 4 nitrogen and oxygen atoms in total. The van der Waals surface area contributed by atoms with Gasteiger partial charge in [0.15, 0.2) is 0 Å². The molecule has 31 heavy (non-hydrogen) atoms. The van der Waals surface area contributed by atoms with Crippen LogP contribution in [0.2, 0.25) is 0 Å². The summed E-state index contributed by atoms with van der Waals surface area (Å²) in [6.07, 6.45) is 22.6. The third kappa shape index (κ3) is 16.3. The molecule has 1 rings (SSSR count). The normalized spacial score (nSPS) is 18.6. The summed E-state index contributed by atoms with van der Waals surface area (Å²) in [4.78, 5) is 23.8. The van der Waals surface area contributed by atoms with Crippen LogP contribution < -0.4 is 0 Å². The van der Waals surface area contributed by atoms with Gasteiger partial charge in [0, 0.05) is 12.8 Å². The molecule has 0 heterocycles. The highest BCUT2D eigenvalue weighted by atomic mass is 16.5. The molecule has 0 amide bonds. The fourth-order valence-electron chi connectivity index (χ4n) is 4.42. The van der Waals surface area contributed by atoms with Crippen molar-refractivity contribution in [2.45, 2.75) is 148 Å².